The highest BCUT2D eigenvalue weighted by atomic mass is 16.5. The molecule has 1 aromatic rings. The minimum absolute atomic E-state index is 0.225. The number of benzene rings is 1. The zero-order chi connectivity index (χ0) is 22.0. The van der Waals surface area contributed by atoms with Crippen LogP contribution in [0.5, 0.6) is 0 Å². The number of nitrogens with zero attached hydrogens (tertiary/aromatic N) is 3. The second-order valence-electron chi connectivity index (χ2n) is 8.95. The number of carbonyl (C=O) groups is 2. The summed E-state index contributed by atoms with van der Waals surface area (Å²) in [5.74, 6) is 0.243. The molecule has 1 saturated carbocycles. The molecule has 3 aliphatic rings. The lowest BCUT2D eigenvalue weighted by Crippen LogP contribution is -2.50. The molecular weight excluding hydrogens is 396 g/mol. The Morgan fingerprint density at radius 1 is 1.26 bits per heavy atom. The number of carbonyl (C=O) groups excluding carboxylic acids is 2. The van der Waals surface area contributed by atoms with Crippen LogP contribution in [0.25, 0.3) is 4.85 Å². The van der Waals surface area contributed by atoms with Crippen LogP contribution in [0.1, 0.15) is 44.9 Å². The smallest absolute Gasteiger partial charge is 0.411 e. The van der Waals surface area contributed by atoms with Crippen LogP contribution in [-0.2, 0) is 9.53 Å². The van der Waals surface area contributed by atoms with Crippen molar-refractivity contribution in [3.63, 3.8) is 0 Å². The molecule has 0 unspecified atom stereocenters. The molecule has 1 aromatic carbocycles. The number of nitrogens with one attached hydrogen (secondary N) is 1. The topological polar surface area (TPSA) is 86.5 Å². The molecule has 3 fully saturated rings. The van der Waals surface area contributed by atoms with E-state index in [0.717, 1.165) is 63.7 Å². The first kappa shape index (κ1) is 21.4. The van der Waals surface area contributed by atoms with Gasteiger partial charge in [-0.05, 0) is 63.1 Å². The zero-order valence-electron chi connectivity index (χ0n) is 18.0. The van der Waals surface area contributed by atoms with E-state index in [4.69, 9.17) is 6.57 Å². The number of hydrogen-bond donors (Lipinski definition) is 2. The fourth-order valence-corrected chi connectivity index (χ4v) is 5.41. The van der Waals surface area contributed by atoms with Crippen molar-refractivity contribution in [3.8, 4) is 0 Å². The number of likely N-dealkylation sites (tertiary alicyclic amines) is 1. The van der Waals surface area contributed by atoms with Gasteiger partial charge in [0, 0.05) is 37.1 Å². The average molecular weight is 427 g/mol. The summed E-state index contributed by atoms with van der Waals surface area (Å²) in [6, 6.07) is 5.50. The van der Waals surface area contributed by atoms with Crippen LogP contribution >= 0.6 is 0 Å². The van der Waals surface area contributed by atoms with E-state index >= 15 is 0 Å². The van der Waals surface area contributed by atoms with Crippen molar-refractivity contribution >= 4 is 29.1 Å². The molecule has 2 N–H and O–H groups in total. The third-order valence-corrected chi connectivity index (χ3v) is 7.10. The van der Waals surface area contributed by atoms with Gasteiger partial charge in [-0.15, -0.1) is 0 Å². The van der Waals surface area contributed by atoms with Crippen molar-refractivity contribution in [2.45, 2.75) is 57.1 Å². The number of anilines is 2. The summed E-state index contributed by atoms with van der Waals surface area (Å²) >= 11 is 0. The average Bonchev–Trinajstić information content (AvgIpc) is 3.09. The van der Waals surface area contributed by atoms with E-state index in [1.54, 1.807) is 12.1 Å². The van der Waals surface area contributed by atoms with Crippen LogP contribution in [0.15, 0.2) is 18.2 Å². The van der Waals surface area contributed by atoms with Crippen molar-refractivity contribution < 1.29 is 19.4 Å². The number of aliphatic hydroxyl groups is 1. The molecule has 1 atom stereocenters. The SMILES string of the molecule is [C-]#[N+]c1cc(NC(=O)OC)ccc1N1CCC[C@]2(CCN(C3CCC(O)CC3)C2=O)C1. The molecule has 8 heteroatoms. The first-order chi connectivity index (χ1) is 15.0. The summed E-state index contributed by atoms with van der Waals surface area (Å²) in [7, 11) is 1.30. The number of hydrogen-bond acceptors (Lipinski definition) is 5. The van der Waals surface area contributed by atoms with E-state index < -0.39 is 11.5 Å². The summed E-state index contributed by atoms with van der Waals surface area (Å²) in [6.07, 6.45) is 5.13. The Morgan fingerprint density at radius 2 is 2.03 bits per heavy atom. The maximum absolute atomic E-state index is 13.5. The van der Waals surface area contributed by atoms with E-state index in [1.165, 1.54) is 7.11 Å². The Bertz CT molecular complexity index is 890. The molecule has 2 saturated heterocycles. The van der Waals surface area contributed by atoms with Crippen LogP contribution in [0.3, 0.4) is 0 Å². The highest BCUT2D eigenvalue weighted by Crippen LogP contribution is 2.45. The molecule has 0 radical (unpaired) electrons. The van der Waals surface area contributed by atoms with E-state index in [2.05, 4.69) is 24.7 Å². The molecule has 1 aliphatic carbocycles. The van der Waals surface area contributed by atoms with Crippen LogP contribution in [-0.4, -0.2) is 60.9 Å². The first-order valence-electron chi connectivity index (χ1n) is 11.1. The van der Waals surface area contributed by atoms with E-state index in [-0.39, 0.29) is 18.1 Å². The van der Waals surface area contributed by atoms with Crippen molar-refractivity contribution in [1.82, 2.24) is 4.90 Å². The van der Waals surface area contributed by atoms with Gasteiger partial charge < -0.3 is 19.6 Å². The van der Waals surface area contributed by atoms with Gasteiger partial charge in [0.25, 0.3) is 0 Å². The molecule has 31 heavy (non-hydrogen) atoms. The third-order valence-electron chi connectivity index (χ3n) is 7.10. The zero-order valence-corrected chi connectivity index (χ0v) is 18.0. The Hall–Kier alpha value is -2.79. The second kappa shape index (κ2) is 8.75. The van der Waals surface area contributed by atoms with Crippen LogP contribution in [0.2, 0.25) is 0 Å². The quantitative estimate of drug-likeness (QED) is 0.722. The molecule has 8 nitrogen and oxygen atoms in total. The number of aliphatic hydroxyl groups excluding tert-OH is 1. The molecule has 4 rings (SSSR count). The van der Waals surface area contributed by atoms with Gasteiger partial charge in [-0.3, -0.25) is 10.1 Å². The number of methoxy groups -OCH3 is 1. The predicted molar refractivity (Wildman–Crippen MR) is 117 cm³/mol. The molecule has 2 heterocycles. The number of amides is 2. The maximum Gasteiger partial charge on any atom is 0.411 e. The highest BCUT2D eigenvalue weighted by molar-refractivity contribution is 5.89. The lowest BCUT2D eigenvalue weighted by Gasteiger charge is -2.42. The van der Waals surface area contributed by atoms with E-state index in [1.807, 2.05) is 6.07 Å². The number of rotatable bonds is 3. The normalized spacial score (nSPS) is 28.5. The Balaban J connectivity index is 1.50. The molecule has 2 amide bonds. The standard InChI is InChI=1S/C23H30N4O4/c1-24-19-14-16(25-22(30)31-2)4-9-20(19)26-12-3-10-23(15-26)11-13-27(21(23)29)17-5-7-18(28)8-6-17/h4,9,14,17-18,28H,3,5-8,10-13,15H2,2H3,(H,25,30)/t17?,18?,23-/m0/s1. The molecule has 166 valence electrons. The van der Waals surface area contributed by atoms with Crippen molar-refractivity contribution in [1.29, 1.82) is 0 Å². The summed E-state index contributed by atoms with van der Waals surface area (Å²) in [4.78, 5) is 32.9. The van der Waals surface area contributed by atoms with Gasteiger partial charge in [-0.25, -0.2) is 9.64 Å². The molecule has 1 spiro atoms. The van der Waals surface area contributed by atoms with Crippen molar-refractivity contribution in [2.75, 3.05) is 37.0 Å². The van der Waals surface area contributed by atoms with Gasteiger partial charge in [-0.1, -0.05) is 0 Å². The van der Waals surface area contributed by atoms with Crippen LogP contribution in [0.4, 0.5) is 21.9 Å². The maximum atomic E-state index is 13.5. The van der Waals surface area contributed by atoms with Gasteiger partial charge in [0.15, 0.2) is 0 Å². The first-order valence-corrected chi connectivity index (χ1v) is 11.1. The summed E-state index contributed by atoms with van der Waals surface area (Å²) in [6.45, 7) is 9.81. The summed E-state index contributed by atoms with van der Waals surface area (Å²) in [5, 5.41) is 12.4. The monoisotopic (exact) mass is 426 g/mol. The van der Waals surface area contributed by atoms with Gasteiger partial charge in [0.1, 0.15) is 0 Å². The second-order valence-corrected chi connectivity index (χ2v) is 8.95. The molecular formula is C23H30N4O4. The van der Waals surface area contributed by atoms with E-state index in [0.29, 0.717) is 17.9 Å². The Labute approximate surface area is 183 Å². The summed E-state index contributed by atoms with van der Waals surface area (Å²) < 4.78 is 4.62. The number of ether oxygens (including phenoxy) is 1. The lowest BCUT2D eigenvalue weighted by molar-refractivity contribution is -0.139. The van der Waals surface area contributed by atoms with Crippen molar-refractivity contribution in [2.24, 2.45) is 5.41 Å². The van der Waals surface area contributed by atoms with E-state index in [9.17, 15) is 14.7 Å². The highest BCUT2D eigenvalue weighted by Gasteiger charge is 2.50. The van der Waals surface area contributed by atoms with Gasteiger partial charge in [0.05, 0.1) is 25.2 Å². The Morgan fingerprint density at radius 3 is 2.74 bits per heavy atom. The van der Waals surface area contributed by atoms with Gasteiger partial charge in [-0.2, -0.15) is 0 Å². The minimum atomic E-state index is -0.576. The summed E-state index contributed by atoms with van der Waals surface area (Å²) in [5.41, 5.74) is 1.37. The number of piperidine rings is 1. The third kappa shape index (κ3) is 4.19. The van der Waals surface area contributed by atoms with Crippen LogP contribution in [0, 0.1) is 12.0 Å². The lowest BCUT2D eigenvalue weighted by atomic mass is 9.78. The molecule has 0 aromatic heterocycles. The van der Waals surface area contributed by atoms with Gasteiger partial charge >= 0.3 is 6.09 Å². The fourth-order valence-electron chi connectivity index (χ4n) is 5.41. The van der Waals surface area contributed by atoms with Crippen LogP contribution < -0.4 is 10.2 Å². The van der Waals surface area contributed by atoms with Crippen molar-refractivity contribution in [3.05, 3.63) is 29.6 Å². The molecule has 0 bridgehead atoms. The largest absolute Gasteiger partial charge is 0.453 e. The fraction of sp³-hybridized carbons (Fsp3) is 0.609. The molecule has 2 aliphatic heterocycles. The predicted octanol–water partition coefficient (Wildman–Crippen LogP) is 3.54. The minimum Gasteiger partial charge on any atom is -0.453 e. The van der Waals surface area contributed by atoms with Gasteiger partial charge in [0.2, 0.25) is 11.6 Å². The Kier molecular flexibility index (Phi) is 6.05.